The second-order valence-corrected chi connectivity index (χ2v) is 6.32. The number of carbonyl (C=O) groups is 1. The van der Waals surface area contributed by atoms with Gasteiger partial charge in [-0.15, -0.1) is 0 Å². The first-order valence-corrected chi connectivity index (χ1v) is 8.27. The van der Waals surface area contributed by atoms with E-state index in [1.807, 2.05) is 0 Å². The van der Waals surface area contributed by atoms with E-state index < -0.39 is 0 Å². The van der Waals surface area contributed by atoms with Gasteiger partial charge in [0, 0.05) is 6.08 Å². The fourth-order valence-corrected chi connectivity index (χ4v) is 3.67. The molecule has 0 aromatic heterocycles. The van der Waals surface area contributed by atoms with Crippen LogP contribution in [0.3, 0.4) is 0 Å². The van der Waals surface area contributed by atoms with E-state index in [9.17, 15) is 4.79 Å². The van der Waals surface area contributed by atoms with Crippen molar-refractivity contribution in [1.29, 1.82) is 0 Å². The number of unbranched alkanes of at least 4 members (excludes halogenated alkanes) is 5. The minimum absolute atomic E-state index is 0.301. The number of rotatable bonds is 10. The first kappa shape index (κ1) is 15.3. The summed E-state index contributed by atoms with van der Waals surface area (Å²) in [6.07, 6.45) is 17.9. The van der Waals surface area contributed by atoms with Crippen LogP contribution in [0.5, 0.6) is 0 Å². The van der Waals surface area contributed by atoms with E-state index in [4.69, 9.17) is 4.74 Å². The average molecular weight is 276 g/mol. The van der Waals surface area contributed by atoms with Crippen LogP contribution in [-0.2, 0) is 9.53 Å². The lowest BCUT2D eigenvalue weighted by Crippen LogP contribution is -2.06. The Hall–Kier alpha value is -1.05. The summed E-state index contributed by atoms with van der Waals surface area (Å²) in [4.78, 5) is 10.8. The second kappa shape index (κ2) is 8.28. The number of carbonyl (C=O) groups excluding carboxylic acids is 1. The molecule has 0 aliphatic heterocycles. The monoisotopic (exact) mass is 276 g/mol. The van der Waals surface area contributed by atoms with Gasteiger partial charge >= 0.3 is 5.97 Å². The van der Waals surface area contributed by atoms with Gasteiger partial charge in [-0.2, -0.15) is 0 Å². The van der Waals surface area contributed by atoms with Crippen LogP contribution in [0.1, 0.15) is 57.8 Å². The second-order valence-electron chi connectivity index (χ2n) is 6.32. The predicted octanol–water partition coefficient (Wildman–Crippen LogP) is 4.66. The van der Waals surface area contributed by atoms with Crippen molar-refractivity contribution in [1.82, 2.24) is 0 Å². The van der Waals surface area contributed by atoms with Crippen LogP contribution < -0.4 is 0 Å². The number of ether oxygens (including phenoxy) is 1. The van der Waals surface area contributed by atoms with E-state index in [2.05, 4.69) is 18.7 Å². The summed E-state index contributed by atoms with van der Waals surface area (Å²) < 4.78 is 4.95. The van der Waals surface area contributed by atoms with Gasteiger partial charge in [-0.05, 0) is 43.4 Å². The SMILES string of the molecule is C=CC(=O)OCCCCCCCCC1CC2C=CC1C2. The maximum absolute atomic E-state index is 10.8. The third-order valence-corrected chi connectivity index (χ3v) is 4.80. The quantitative estimate of drug-likeness (QED) is 0.251. The van der Waals surface area contributed by atoms with E-state index in [1.54, 1.807) is 0 Å². The van der Waals surface area contributed by atoms with E-state index in [1.165, 1.54) is 57.4 Å². The third-order valence-electron chi connectivity index (χ3n) is 4.80. The van der Waals surface area contributed by atoms with Crippen molar-refractivity contribution in [3.8, 4) is 0 Å². The predicted molar refractivity (Wildman–Crippen MR) is 82.3 cm³/mol. The highest BCUT2D eigenvalue weighted by atomic mass is 16.5. The Bertz CT molecular complexity index is 345. The van der Waals surface area contributed by atoms with Crippen LogP contribution in [-0.4, -0.2) is 12.6 Å². The fourth-order valence-electron chi connectivity index (χ4n) is 3.67. The minimum Gasteiger partial charge on any atom is -0.463 e. The summed E-state index contributed by atoms with van der Waals surface area (Å²) in [6, 6.07) is 0. The zero-order valence-corrected chi connectivity index (χ0v) is 12.6. The molecule has 0 radical (unpaired) electrons. The first-order chi connectivity index (χ1) is 9.79. The third kappa shape index (κ3) is 4.81. The summed E-state index contributed by atoms with van der Waals surface area (Å²) in [5, 5.41) is 0. The standard InChI is InChI=1S/C18H28O2/c1-2-18(19)20-12-8-6-4-3-5-7-9-16-13-15-10-11-17(16)14-15/h2,10-11,15-17H,1,3-9,12-14H2. The molecule has 0 heterocycles. The van der Waals surface area contributed by atoms with Crippen molar-refractivity contribution in [2.24, 2.45) is 17.8 Å². The minimum atomic E-state index is -0.301. The molecular formula is C18H28O2. The van der Waals surface area contributed by atoms with E-state index >= 15 is 0 Å². The number of hydrogen-bond donors (Lipinski definition) is 0. The van der Waals surface area contributed by atoms with Gasteiger partial charge in [-0.3, -0.25) is 0 Å². The molecule has 112 valence electrons. The van der Waals surface area contributed by atoms with Crippen LogP contribution in [0.15, 0.2) is 24.8 Å². The summed E-state index contributed by atoms with van der Waals surface area (Å²) in [5.41, 5.74) is 0. The summed E-state index contributed by atoms with van der Waals surface area (Å²) in [7, 11) is 0. The van der Waals surface area contributed by atoms with Gasteiger partial charge in [-0.25, -0.2) is 4.79 Å². The van der Waals surface area contributed by atoms with Crippen molar-refractivity contribution in [2.75, 3.05) is 6.61 Å². The van der Waals surface area contributed by atoms with Crippen molar-refractivity contribution < 1.29 is 9.53 Å². The van der Waals surface area contributed by atoms with Crippen LogP contribution >= 0.6 is 0 Å². The maximum Gasteiger partial charge on any atom is 0.330 e. The Morgan fingerprint density at radius 2 is 1.85 bits per heavy atom. The lowest BCUT2D eigenvalue weighted by atomic mass is 9.88. The molecule has 2 aliphatic rings. The Morgan fingerprint density at radius 1 is 1.10 bits per heavy atom. The molecule has 0 N–H and O–H groups in total. The molecular weight excluding hydrogens is 248 g/mol. The van der Waals surface area contributed by atoms with E-state index in [0.717, 1.165) is 24.2 Å². The molecule has 3 unspecified atom stereocenters. The van der Waals surface area contributed by atoms with Crippen molar-refractivity contribution in [3.05, 3.63) is 24.8 Å². The molecule has 1 fully saturated rings. The lowest BCUT2D eigenvalue weighted by Gasteiger charge is -2.17. The van der Waals surface area contributed by atoms with Gasteiger partial charge < -0.3 is 4.74 Å². The number of esters is 1. The van der Waals surface area contributed by atoms with Gasteiger partial charge in [0.2, 0.25) is 0 Å². The molecule has 2 nitrogen and oxygen atoms in total. The molecule has 2 bridgehead atoms. The Labute approximate surface area is 123 Å². The molecule has 0 aromatic rings. The zero-order chi connectivity index (χ0) is 14.2. The number of fused-ring (bicyclic) bond motifs is 2. The Balaban J connectivity index is 1.36. The van der Waals surface area contributed by atoms with Crippen LogP contribution in [0.25, 0.3) is 0 Å². The van der Waals surface area contributed by atoms with Crippen molar-refractivity contribution >= 4 is 5.97 Å². The molecule has 0 spiro atoms. The van der Waals surface area contributed by atoms with Crippen molar-refractivity contribution in [3.63, 3.8) is 0 Å². The summed E-state index contributed by atoms with van der Waals surface area (Å²) in [5.74, 6) is 2.52. The molecule has 1 saturated carbocycles. The summed E-state index contributed by atoms with van der Waals surface area (Å²) >= 11 is 0. The number of allylic oxidation sites excluding steroid dienone is 2. The van der Waals surface area contributed by atoms with Gasteiger partial charge in [0.05, 0.1) is 6.61 Å². The average Bonchev–Trinajstić information content (AvgIpc) is 3.07. The van der Waals surface area contributed by atoms with Crippen molar-refractivity contribution in [2.45, 2.75) is 57.8 Å². The molecule has 2 aliphatic carbocycles. The van der Waals surface area contributed by atoms with E-state index in [-0.39, 0.29) is 5.97 Å². The molecule has 2 rings (SSSR count). The normalized spacial score (nSPS) is 26.9. The smallest absolute Gasteiger partial charge is 0.330 e. The lowest BCUT2D eigenvalue weighted by molar-refractivity contribution is -0.137. The van der Waals surface area contributed by atoms with Crippen LogP contribution in [0.4, 0.5) is 0 Å². The molecule has 0 aromatic carbocycles. The summed E-state index contributed by atoms with van der Waals surface area (Å²) in [6.45, 7) is 3.92. The van der Waals surface area contributed by atoms with Crippen LogP contribution in [0.2, 0.25) is 0 Å². The zero-order valence-electron chi connectivity index (χ0n) is 12.6. The molecule has 0 amide bonds. The molecule has 20 heavy (non-hydrogen) atoms. The number of hydrogen-bond acceptors (Lipinski definition) is 2. The Morgan fingerprint density at radius 3 is 2.50 bits per heavy atom. The highest BCUT2D eigenvalue weighted by Crippen LogP contribution is 2.45. The highest BCUT2D eigenvalue weighted by molar-refractivity contribution is 5.81. The largest absolute Gasteiger partial charge is 0.463 e. The van der Waals surface area contributed by atoms with Gasteiger partial charge in [0.15, 0.2) is 0 Å². The first-order valence-electron chi connectivity index (χ1n) is 8.27. The van der Waals surface area contributed by atoms with E-state index in [0.29, 0.717) is 6.61 Å². The van der Waals surface area contributed by atoms with Gasteiger partial charge in [-0.1, -0.05) is 50.8 Å². The molecule has 2 heteroatoms. The maximum atomic E-state index is 10.8. The highest BCUT2D eigenvalue weighted by Gasteiger charge is 2.34. The fraction of sp³-hybridized carbons (Fsp3) is 0.722. The topological polar surface area (TPSA) is 26.3 Å². The van der Waals surface area contributed by atoms with Crippen LogP contribution in [0, 0.1) is 17.8 Å². The Kier molecular flexibility index (Phi) is 6.35. The van der Waals surface area contributed by atoms with Gasteiger partial charge in [0.25, 0.3) is 0 Å². The molecule has 3 atom stereocenters. The van der Waals surface area contributed by atoms with Gasteiger partial charge in [0.1, 0.15) is 0 Å². The molecule has 0 saturated heterocycles.